The molecule has 0 bridgehead atoms. The second-order valence-electron chi connectivity index (χ2n) is 4.02. The van der Waals surface area contributed by atoms with Gasteiger partial charge < -0.3 is 4.74 Å². The molecule has 0 aromatic heterocycles. The third kappa shape index (κ3) is 6.09. The Labute approximate surface area is 110 Å². The molecule has 1 heteroatoms. The predicted molar refractivity (Wildman–Crippen MR) is 79.8 cm³/mol. The lowest BCUT2D eigenvalue weighted by Crippen LogP contribution is -1.81. The van der Waals surface area contributed by atoms with Gasteiger partial charge in [0, 0.05) is 0 Å². The maximum Gasteiger partial charge on any atom is 0.118 e. The lowest BCUT2D eigenvalue weighted by Gasteiger charge is -1.98. The summed E-state index contributed by atoms with van der Waals surface area (Å²) in [5.41, 5.74) is 1.19. The van der Waals surface area contributed by atoms with Gasteiger partial charge in [-0.2, -0.15) is 0 Å². The Bertz CT molecular complexity index is 396. The average Bonchev–Trinajstić information content (AvgIpc) is 2.42. The van der Waals surface area contributed by atoms with Crippen LogP contribution in [0.25, 0.3) is 6.08 Å². The zero-order valence-corrected chi connectivity index (χ0v) is 11.3. The lowest BCUT2D eigenvalue weighted by atomic mass is 10.2. The standard InChI is InChI=1S/C17H22O/c1-3-4-5-6-7-8-9-10-11-16-12-14-17(18-2)15-13-16/h4-5,8-15H,3,6-7H2,1-2H3/b5-4-,9-8?,11-10?. The van der Waals surface area contributed by atoms with E-state index >= 15 is 0 Å². The molecule has 1 rings (SSSR count). The van der Waals surface area contributed by atoms with Crippen LogP contribution in [0.2, 0.25) is 0 Å². The highest BCUT2D eigenvalue weighted by atomic mass is 16.5. The lowest BCUT2D eigenvalue weighted by molar-refractivity contribution is 0.415. The van der Waals surface area contributed by atoms with E-state index < -0.39 is 0 Å². The molecular weight excluding hydrogens is 220 g/mol. The van der Waals surface area contributed by atoms with E-state index in [4.69, 9.17) is 4.74 Å². The third-order valence-corrected chi connectivity index (χ3v) is 2.55. The normalized spacial score (nSPS) is 11.9. The molecule has 18 heavy (non-hydrogen) atoms. The smallest absolute Gasteiger partial charge is 0.118 e. The average molecular weight is 242 g/mol. The number of methoxy groups -OCH3 is 1. The minimum Gasteiger partial charge on any atom is -0.497 e. The van der Waals surface area contributed by atoms with Crippen molar-refractivity contribution in [1.82, 2.24) is 0 Å². The summed E-state index contributed by atoms with van der Waals surface area (Å²) in [7, 11) is 1.68. The SMILES string of the molecule is CC/C=C\CCC=CC=Cc1ccc(OC)cc1. The molecule has 0 spiro atoms. The molecule has 0 N–H and O–H groups in total. The van der Waals surface area contributed by atoms with Gasteiger partial charge in [-0.05, 0) is 37.0 Å². The Morgan fingerprint density at radius 3 is 2.33 bits per heavy atom. The zero-order valence-electron chi connectivity index (χ0n) is 11.3. The molecule has 0 unspecified atom stereocenters. The monoisotopic (exact) mass is 242 g/mol. The molecule has 0 radical (unpaired) electrons. The van der Waals surface area contributed by atoms with Gasteiger partial charge in [-0.25, -0.2) is 0 Å². The van der Waals surface area contributed by atoms with Crippen molar-refractivity contribution in [2.24, 2.45) is 0 Å². The molecule has 0 aliphatic heterocycles. The molecule has 0 amide bonds. The second kappa shape index (κ2) is 9.29. The fourth-order valence-electron chi connectivity index (χ4n) is 1.53. The summed E-state index contributed by atoms with van der Waals surface area (Å²) in [4.78, 5) is 0. The van der Waals surface area contributed by atoms with Gasteiger partial charge in [-0.3, -0.25) is 0 Å². The van der Waals surface area contributed by atoms with Crippen LogP contribution in [0.5, 0.6) is 5.75 Å². The van der Waals surface area contributed by atoms with E-state index in [-0.39, 0.29) is 0 Å². The molecule has 0 aliphatic rings. The summed E-state index contributed by atoms with van der Waals surface area (Å²) < 4.78 is 5.11. The molecule has 1 aromatic carbocycles. The largest absolute Gasteiger partial charge is 0.497 e. The summed E-state index contributed by atoms with van der Waals surface area (Å²) >= 11 is 0. The van der Waals surface area contributed by atoms with E-state index in [1.54, 1.807) is 7.11 Å². The fraction of sp³-hybridized carbons (Fsp3) is 0.294. The minimum atomic E-state index is 0.894. The number of hydrogen-bond donors (Lipinski definition) is 0. The van der Waals surface area contributed by atoms with E-state index in [1.165, 1.54) is 5.56 Å². The third-order valence-electron chi connectivity index (χ3n) is 2.55. The van der Waals surface area contributed by atoms with E-state index in [9.17, 15) is 0 Å². The molecule has 0 saturated carbocycles. The van der Waals surface area contributed by atoms with E-state index in [0.29, 0.717) is 0 Å². The van der Waals surface area contributed by atoms with Crippen molar-refractivity contribution in [3.63, 3.8) is 0 Å². The predicted octanol–water partition coefficient (Wildman–Crippen LogP) is 5.01. The van der Waals surface area contributed by atoms with Crippen LogP contribution >= 0.6 is 0 Å². The van der Waals surface area contributed by atoms with Crippen molar-refractivity contribution in [3.8, 4) is 5.75 Å². The molecule has 0 aliphatic carbocycles. The number of ether oxygens (including phenoxy) is 1. The number of allylic oxidation sites excluding steroid dienone is 5. The summed E-state index contributed by atoms with van der Waals surface area (Å²) in [5, 5.41) is 0. The highest BCUT2D eigenvalue weighted by Gasteiger charge is 1.88. The first-order chi connectivity index (χ1) is 8.86. The summed E-state index contributed by atoms with van der Waals surface area (Å²) in [5.74, 6) is 0.894. The molecule has 0 atom stereocenters. The maximum atomic E-state index is 5.11. The van der Waals surface area contributed by atoms with Crippen LogP contribution in [0.1, 0.15) is 31.7 Å². The molecular formula is C17H22O. The van der Waals surface area contributed by atoms with Crippen molar-refractivity contribution in [2.75, 3.05) is 7.11 Å². The van der Waals surface area contributed by atoms with E-state index in [1.807, 2.05) is 24.3 Å². The Morgan fingerprint density at radius 2 is 1.67 bits per heavy atom. The van der Waals surface area contributed by atoms with Crippen molar-refractivity contribution in [3.05, 3.63) is 60.2 Å². The molecule has 1 aromatic rings. The van der Waals surface area contributed by atoms with Gasteiger partial charge in [0.2, 0.25) is 0 Å². The molecule has 1 nitrogen and oxygen atoms in total. The van der Waals surface area contributed by atoms with Gasteiger partial charge >= 0.3 is 0 Å². The number of unbranched alkanes of at least 4 members (excludes halogenated alkanes) is 1. The number of hydrogen-bond acceptors (Lipinski definition) is 1. The minimum absolute atomic E-state index is 0.894. The topological polar surface area (TPSA) is 9.23 Å². The Morgan fingerprint density at radius 1 is 0.944 bits per heavy atom. The van der Waals surface area contributed by atoms with Crippen molar-refractivity contribution >= 4 is 6.08 Å². The van der Waals surface area contributed by atoms with Gasteiger partial charge in [0.25, 0.3) is 0 Å². The number of benzene rings is 1. The summed E-state index contributed by atoms with van der Waals surface area (Å²) in [6.45, 7) is 2.16. The first-order valence-electron chi connectivity index (χ1n) is 6.49. The first kappa shape index (κ1) is 14.3. The molecule has 0 heterocycles. The van der Waals surface area contributed by atoms with Crippen molar-refractivity contribution in [2.45, 2.75) is 26.2 Å². The maximum absolute atomic E-state index is 5.11. The number of rotatable bonds is 7. The van der Waals surface area contributed by atoms with Gasteiger partial charge in [0.15, 0.2) is 0 Å². The van der Waals surface area contributed by atoms with Gasteiger partial charge in [0.05, 0.1) is 7.11 Å². The van der Waals surface area contributed by atoms with Crippen LogP contribution < -0.4 is 4.74 Å². The molecule has 0 saturated heterocycles. The summed E-state index contributed by atoms with van der Waals surface area (Å²) in [6.07, 6.45) is 16.3. The quantitative estimate of drug-likeness (QED) is 0.371. The Balaban J connectivity index is 2.30. The van der Waals surface area contributed by atoms with Gasteiger partial charge in [-0.15, -0.1) is 0 Å². The van der Waals surface area contributed by atoms with Crippen LogP contribution in [0.15, 0.2) is 54.6 Å². The summed E-state index contributed by atoms with van der Waals surface area (Å²) in [6, 6.07) is 8.04. The van der Waals surface area contributed by atoms with Crippen LogP contribution in [0, 0.1) is 0 Å². The van der Waals surface area contributed by atoms with Crippen LogP contribution in [-0.2, 0) is 0 Å². The molecule has 96 valence electrons. The van der Waals surface area contributed by atoms with Gasteiger partial charge in [-0.1, -0.05) is 55.5 Å². The Hall–Kier alpha value is -1.76. The van der Waals surface area contributed by atoms with E-state index in [2.05, 4.69) is 43.4 Å². The fourth-order valence-corrected chi connectivity index (χ4v) is 1.53. The van der Waals surface area contributed by atoms with Crippen molar-refractivity contribution in [1.29, 1.82) is 0 Å². The van der Waals surface area contributed by atoms with Crippen LogP contribution in [-0.4, -0.2) is 7.11 Å². The van der Waals surface area contributed by atoms with Crippen molar-refractivity contribution < 1.29 is 4.74 Å². The second-order valence-corrected chi connectivity index (χ2v) is 4.02. The molecule has 0 fully saturated rings. The Kier molecular flexibility index (Phi) is 7.38. The van der Waals surface area contributed by atoms with Crippen LogP contribution in [0.4, 0.5) is 0 Å². The highest BCUT2D eigenvalue weighted by molar-refractivity contribution is 5.52. The van der Waals surface area contributed by atoms with E-state index in [0.717, 1.165) is 25.0 Å². The highest BCUT2D eigenvalue weighted by Crippen LogP contribution is 2.12. The van der Waals surface area contributed by atoms with Crippen LogP contribution in [0.3, 0.4) is 0 Å². The van der Waals surface area contributed by atoms with Gasteiger partial charge in [0.1, 0.15) is 5.75 Å². The zero-order chi connectivity index (χ0) is 13.1. The first-order valence-corrected chi connectivity index (χ1v) is 6.49.